The van der Waals surface area contributed by atoms with Gasteiger partial charge in [-0.1, -0.05) is 20.3 Å². The van der Waals surface area contributed by atoms with Crippen LogP contribution >= 0.6 is 11.8 Å². The number of thioether (sulfide) groups is 1. The standard InChI is InChI=1S/C13H25NO3S/c1-3-14-13(12(16)17)7-4-5-11(13)6-8-18-10(2)9-15/h10-11,14-15H,3-9H2,1-2H3,(H,16,17). The number of hydrogen-bond donors (Lipinski definition) is 3. The zero-order chi connectivity index (χ0) is 13.6. The van der Waals surface area contributed by atoms with Crippen LogP contribution in [0.4, 0.5) is 0 Å². The lowest BCUT2D eigenvalue weighted by Crippen LogP contribution is -2.54. The van der Waals surface area contributed by atoms with Gasteiger partial charge in [0.2, 0.25) is 0 Å². The molecule has 0 aromatic carbocycles. The van der Waals surface area contributed by atoms with Crippen LogP contribution in [0.1, 0.15) is 39.5 Å². The van der Waals surface area contributed by atoms with Crippen molar-refractivity contribution in [2.75, 3.05) is 18.9 Å². The summed E-state index contributed by atoms with van der Waals surface area (Å²) in [6.45, 7) is 4.84. The third-order valence-electron chi connectivity index (χ3n) is 3.82. The molecule has 0 amide bonds. The van der Waals surface area contributed by atoms with Gasteiger partial charge in [-0.05, 0) is 37.5 Å². The monoisotopic (exact) mass is 275 g/mol. The molecule has 0 aromatic heterocycles. The summed E-state index contributed by atoms with van der Waals surface area (Å²) in [4.78, 5) is 11.6. The first kappa shape index (κ1) is 15.8. The van der Waals surface area contributed by atoms with Gasteiger partial charge in [0.15, 0.2) is 0 Å². The van der Waals surface area contributed by atoms with Gasteiger partial charge in [0, 0.05) is 5.25 Å². The number of carboxylic acids is 1. The van der Waals surface area contributed by atoms with Crippen molar-refractivity contribution in [3.63, 3.8) is 0 Å². The lowest BCUT2D eigenvalue weighted by Gasteiger charge is -2.32. The Morgan fingerprint density at radius 1 is 1.61 bits per heavy atom. The molecule has 1 saturated carbocycles. The van der Waals surface area contributed by atoms with Gasteiger partial charge in [-0.25, -0.2) is 0 Å². The van der Waals surface area contributed by atoms with Crippen LogP contribution in [0.5, 0.6) is 0 Å². The third-order valence-corrected chi connectivity index (χ3v) is 5.01. The molecular weight excluding hydrogens is 250 g/mol. The highest BCUT2D eigenvalue weighted by atomic mass is 32.2. The van der Waals surface area contributed by atoms with E-state index < -0.39 is 11.5 Å². The average molecular weight is 275 g/mol. The number of carbonyl (C=O) groups is 1. The Labute approximate surface area is 114 Å². The smallest absolute Gasteiger partial charge is 0.324 e. The van der Waals surface area contributed by atoms with Gasteiger partial charge in [0.05, 0.1) is 6.61 Å². The number of hydrogen-bond acceptors (Lipinski definition) is 4. The number of carboxylic acid groups (broad SMARTS) is 1. The second-order valence-electron chi connectivity index (χ2n) is 5.05. The summed E-state index contributed by atoms with van der Waals surface area (Å²) in [5.41, 5.74) is -0.711. The Hall–Kier alpha value is -0.260. The van der Waals surface area contributed by atoms with Gasteiger partial charge >= 0.3 is 5.97 Å². The van der Waals surface area contributed by atoms with Crippen LogP contribution < -0.4 is 5.32 Å². The Morgan fingerprint density at radius 2 is 2.33 bits per heavy atom. The van der Waals surface area contributed by atoms with E-state index in [-0.39, 0.29) is 17.8 Å². The van der Waals surface area contributed by atoms with Crippen LogP contribution in [0.25, 0.3) is 0 Å². The maximum absolute atomic E-state index is 11.6. The maximum atomic E-state index is 11.6. The molecule has 0 aromatic rings. The second kappa shape index (κ2) is 7.36. The summed E-state index contributed by atoms with van der Waals surface area (Å²) in [7, 11) is 0. The highest BCUT2D eigenvalue weighted by molar-refractivity contribution is 7.99. The van der Waals surface area contributed by atoms with Crippen LogP contribution in [-0.4, -0.2) is 45.9 Å². The molecule has 18 heavy (non-hydrogen) atoms. The SMILES string of the molecule is CCNC1(C(=O)O)CCCC1CCSC(C)CO. The van der Waals surface area contributed by atoms with Gasteiger partial charge in [-0.3, -0.25) is 4.79 Å². The van der Waals surface area contributed by atoms with Gasteiger partial charge < -0.3 is 15.5 Å². The third kappa shape index (κ3) is 3.62. The van der Waals surface area contributed by atoms with Gasteiger partial charge in [-0.15, -0.1) is 0 Å². The van der Waals surface area contributed by atoms with E-state index in [1.807, 2.05) is 13.8 Å². The molecule has 1 fully saturated rings. The zero-order valence-corrected chi connectivity index (χ0v) is 12.1. The lowest BCUT2D eigenvalue weighted by atomic mass is 9.85. The largest absolute Gasteiger partial charge is 0.480 e. The van der Waals surface area contributed by atoms with Crippen LogP contribution in [0, 0.1) is 5.92 Å². The second-order valence-corrected chi connectivity index (χ2v) is 6.59. The van der Waals surface area contributed by atoms with Gasteiger partial charge in [0.25, 0.3) is 0 Å². The van der Waals surface area contributed by atoms with Crippen LogP contribution in [0.2, 0.25) is 0 Å². The van der Waals surface area contributed by atoms with Crippen molar-refractivity contribution < 1.29 is 15.0 Å². The first-order chi connectivity index (χ1) is 8.56. The molecule has 5 heteroatoms. The molecule has 4 nitrogen and oxygen atoms in total. The minimum absolute atomic E-state index is 0.187. The highest BCUT2D eigenvalue weighted by Crippen LogP contribution is 2.39. The van der Waals surface area contributed by atoms with E-state index in [1.165, 1.54) is 0 Å². The normalized spacial score (nSPS) is 29.4. The minimum Gasteiger partial charge on any atom is -0.480 e. The Balaban J connectivity index is 2.54. The molecule has 0 saturated heterocycles. The predicted molar refractivity (Wildman–Crippen MR) is 75.0 cm³/mol. The molecule has 1 aliphatic carbocycles. The number of aliphatic hydroxyl groups is 1. The van der Waals surface area contributed by atoms with Crippen molar-refractivity contribution in [3.8, 4) is 0 Å². The van der Waals surface area contributed by atoms with Crippen molar-refractivity contribution in [2.45, 2.75) is 50.3 Å². The van der Waals surface area contributed by atoms with Crippen molar-refractivity contribution in [1.29, 1.82) is 0 Å². The van der Waals surface area contributed by atoms with Gasteiger partial charge in [0.1, 0.15) is 5.54 Å². The van der Waals surface area contributed by atoms with E-state index in [1.54, 1.807) is 11.8 Å². The molecule has 0 aliphatic heterocycles. The number of aliphatic carboxylic acids is 1. The summed E-state index contributed by atoms with van der Waals surface area (Å²) >= 11 is 1.72. The average Bonchev–Trinajstić information content (AvgIpc) is 2.74. The fourth-order valence-corrected chi connectivity index (χ4v) is 3.77. The summed E-state index contributed by atoms with van der Waals surface area (Å²) in [6, 6.07) is 0. The molecule has 0 bridgehead atoms. The summed E-state index contributed by atoms with van der Waals surface area (Å²) in [5.74, 6) is 0.438. The molecule has 0 heterocycles. The Morgan fingerprint density at radius 3 is 2.89 bits per heavy atom. The predicted octanol–water partition coefficient (Wildman–Crippen LogP) is 1.72. The van der Waals surface area contributed by atoms with E-state index in [4.69, 9.17) is 5.11 Å². The Bertz CT molecular complexity index is 275. The maximum Gasteiger partial charge on any atom is 0.324 e. The lowest BCUT2D eigenvalue weighted by molar-refractivity contribution is -0.146. The quantitative estimate of drug-likeness (QED) is 0.629. The molecule has 0 radical (unpaired) electrons. The highest BCUT2D eigenvalue weighted by Gasteiger charge is 2.48. The fraction of sp³-hybridized carbons (Fsp3) is 0.923. The molecule has 106 valence electrons. The zero-order valence-electron chi connectivity index (χ0n) is 11.3. The number of nitrogens with one attached hydrogen (secondary N) is 1. The van der Waals surface area contributed by atoms with E-state index in [9.17, 15) is 9.90 Å². The summed E-state index contributed by atoms with van der Waals surface area (Å²) in [5, 5.41) is 21.9. The summed E-state index contributed by atoms with van der Waals surface area (Å²) in [6.07, 6.45) is 3.63. The van der Waals surface area contributed by atoms with Crippen LogP contribution in [0.3, 0.4) is 0 Å². The van der Waals surface area contributed by atoms with E-state index in [2.05, 4.69) is 5.32 Å². The fourth-order valence-electron chi connectivity index (χ4n) is 2.84. The molecule has 0 spiro atoms. The number of aliphatic hydroxyl groups excluding tert-OH is 1. The first-order valence-electron chi connectivity index (χ1n) is 6.77. The van der Waals surface area contributed by atoms with Crippen molar-refractivity contribution >= 4 is 17.7 Å². The van der Waals surface area contributed by atoms with Crippen LogP contribution in [0.15, 0.2) is 0 Å². The molecule has 1 aliphatic rings. The van der Waals surface area contributed by atoms with E-state index in [0.717, 1.165) is 31.4 Å². The first-order valence-corrected chi connectivity index (χ1v) is 7.82. The molecule has 3 atom stereocenters. The molecule has 3 N–H and O–H groups in total. The van der Waals surface area contributed by atoms with Crippen molar-refractivity contribution in [1.82, 2.24) is 5.32 Å². The van der Waals surface area contributed by atoms with Gasteiger partial charge in [-0.2, -0.15) is 11.8 Å². The van der Waals surface area contributed by atoms with Crippen LogP contribution in [-0.2, 0) is 4.79 Å². The number of rotatable bonds is 8. The topological polar surface area (TPSA) is 69.6 Å². The van der Waals surface area contributed by atoms with E-state index in [0.29, 0.717) is 6.54 Å². The molecular formula is C13H25NO3S. The van der Waals surface area contributed by atoms with E-state index >= 15 is 0 Å². The molecule has 1 rings (SSSR count). The molecule has 3 unspecified atom stereocenters. The van der Waals surface area contributed by atoms with Crippen molar-refractivity contribution in [3.05, 3.63) is 0 Å². The summed E-state index contributed by atoms with van der Waals surface area (Å²) < 4.78 is 0. The number of likely N-dealkylation sites (N-methyl/N-ethyl adjacent to an activating group) is 1. The minimum atomic E-state index is -0.711. The van der Waals surface area contributed by atoms with Crippen molar-refractivity contribution in [2.24, 2.45) is 5.92 Å². The Kier molecular flexibility index (Phi) is 6.46.